The van der Waals surface area contributed by atoms with E-state index < -0.39 is 0 Å². The van der Waals surface area contributed by atoms with Crippen LogP contribution in [0, 0.1) is 0 Å². The molecule has 15 heavy (non-hydrogen) atoms. The van der Waals surface area contributed by atoms with Gasteiger partial charge in [0.05, 0.1) is 5.69 Å². The Balaban J connectivity index is 2.12. The van der Waals surface area contributed by atoms with E-state index in [0.717, 1.165) is 31.0 Å². The second-order valence-electron chi connectivity index (χ2n) is 3.77. The minimum atomic E-state index is 0.378. The smallest absolute Gasteiger partial charge is 0.225 e. The lowest BCUT2D eigenvalue weighted by molar-refractivity contribution is -0.107. The van der Waals surface area contributed by atoms with Crippen molar-refractivity contribution in [1.29, 1.82) is 0 Å². The number of piperidine rings is 1. The highest BCUT2D eigenvalue weighted by Crippen LogP contribution is 2.15. The van der Waals surface area contributed by atoms with Gasteiger partial charge in [-0.2, -0.15) is 0 Å². The van der Waals surface area contributed by atoms with Crippen LogP contribution in [0.15, 0.2) is 12.3 Å². The molecule has 0 amide bonds. The van der Waals surface area contributed by atoms with E-state index >= 15 is 0 Å². The molecule has 0 spiro atoms. The number of carbonyl (C=O) groups excluding carboxylic acids is 1. The predicted octanol–water partition coefficient (Wildman–Crippen LogP) is 1.21. The fourth-order valence-corrected chi connectivity index (χ4v) is 1.83. The average molecular weight is 205 g/mol. The van der Waals surface area contributed by atoms with Crippen LogP contribution in [0.3, 0.4) is 0 Å². The molecule has 1 saturated heterocycles. The Morgan fingerprint density at radius 3 is 2.87 bits per heavy atom. The molecule has 0 radical (unpaired) electrons. The van der Waals surface area contributed by atoms with E-state index in [-0.39, 0.29) is 0 Å². The van der Waals surface area contributed by atoms with Crippen molar-refractivity contribution >= 4 is 12.2 Å². The summed E-state index contributed by atoms with van der Waals surface area (Å²) >= 11 is 0. The number of aromatic nitrogens is 2. The molecule has 2 rings (SSSR count). The average Bonchev–Trinajstić information content (AvgIpc) is 2.31. The number of anilines is 1. The normalized spacial score (nSPS) is 16.4. The minimum absolute atomic E-state index is 0.378. The van der Waals surface area contributed by atoms with Crippen LogP contribution in [0.5, 0.6) is 0 Å². The third kappa shape index (κ3) is 2.52. The standard InChI is InChI=1S/C11H15N3O/c15-9-5-10-4-6-12-11(13-10)14-7-2-1-3-8-14/h4,6,9H,1-3,5,7-8H2. The first-order chi connectivity index (χ1) is 7.40. The molecule has 80 valence electrons. The van der Waals surface area contributed by atoms with Gasteiger partial charge in [0.2, 0.25) is 5.95 Å². The number of rotatable bonds is 3. The third-order valence-electron chi connectivity index (χ3n) is 2.63. The van der Waals surface area contributed by atoms with Crippen molar-refractivity contribution in [3.8, 4) is 0 Å². The molecule has 0 unspecified atom stereocenters. The molecule has 0 N–H and O–H groups in total. The zero-order valence-corrected chi connectivity index (χ0v) is 8.72. The maximum absolute atomic E-state index is 10.4. The summed E-state index contributed by atoms with van der Waals surface area (Å²) in [6.45, 7) is 2.06. The monoisotopic (exact) mass is 205 g/mol. The Morgan fingerprint density at radius 2 is 2.13 bits per heavy atom. The highest BCUT2D eigenvalue weighted by molar-refractivity contribution is 5.53. The van der Waals surface area contributed by atoms with E-state index in [1.807, 2.05) is 0 Å². The molecule has 0 saturated carbocycles. The van der Waals surface area contributed by atoms with Crippen LogP contribution in [0.2, 0.25) is 0 Å². The van der Waals surface area contributed by atoms with Crippen LogP contribution in [-0.2, 0) is 11.2 Å². The first-order valence-corrected chi connectivity index (χ1v) is 5.40. The summed E-state index contributed by atoms with van der Waals surface area (Å²) in [7, 11) is 0. The SMILES string of the molecule is O=CCc1ccnc(N2CCCCC2)n1. The van der Waals surface area contributed by atoms with Crippen LogP contribution in [0.1, 0.15) is 25.0 Å². The minimum Gasteiger partial charge on any atom is -0.341 e. The van der Waals surface area contributed by atoms with Gasteiger partial charge in [0.1, 0.15) is 6.29 Å². The lowest BCUT2D eigenvalue weighted by Crippen LogP contribution is -2.31. The molecule has 4 nitrogen and oxygen atoms in total. The molecule has 2 heterocycles. The largest absolute Gasteiger partial charge is 0.341 e. The van der Waals surface area contributed by atoms with Gasteiger partial charge in [-0.05, 0) is 25.3 Å². The number of aldehydes is 1. The van der Waals surface area contributed by atoms with Crippen molar-refractivity contribution in [3.05, 3.63) is 18.0 Å². The van der Waals surface area contributed by atoms with Crippen LogP contribution in [-0.4, -0.2) is 29.3 Å². The zero-order valence-electron chi connectivity index (χ0n) is 8.72. The van der Waals surface area contributed by atoms with Gasteiger partial charge in [-0.25, -0.2) is 9.97 Å². The van der Waals surface area contributed by atoms with E-state index in [9.17, 15) is 4.79 Å². The van der Waals surface area contributed by atoms with Crippen molar-refractivity contribution < 1.29 is 4.79 Å². The zero-order chi connectivity index (χ0) is 10.5. The summed E-state index contributed by atoms with van der Waals surface area (Å²) in [5, 5.41) is 0. The molecule has 1 aromatic heterocycles. The highest BCUT2D eigenvalue weighted by atomic mass is 16.1. The van der Waals surface area contributed by atoms with Crippen molar-refractivity contribution in [2.75, 3.05) is 18.0 Å². The number of hydrogen-bond donors (Lipinski definition) is 0. The van der Waals surface area contributed by atoms with Gasteiger partial charge in [0.25, 0.3) is 0 Å². The number of hydrogen-bond acceptors (Lipinski definition) is 4. The predicted molar refractivity (Wildman–Crippen MR) is 57.9 cm³/mol. The molecular formula is C11H15N3O. The molecule has 0 atom stereocenters. The summed E-state index contributed by atoms with van der Waals surface area (Å²) in [6.07, 6.45) is 6.70. The topological polar surface area (TPSA) is 46.1 Å². The molecule has 0 aliphatic carbocycles. The van der Waals surface area contributed by atoms with Gasteiger partial charge in [-0.15, -0.1) is 0 Å². The van der Waals surface area contributed by atoms with Crippen LogP contribution in [0.25, 0.3) is 0 Å². The number of nitrogens with zero attached hydrogens (tertiary/aromatic N) is 3. The van der Waals surface area contributed by atoms with Crippen LogP contribution < -0.4 is 4.90 Å². The van der Waals surface area contributed by atoms with E-state index in [1.54, 1.807) is 12.3 Å². The summed E-state index contributed by atoms with van der Waals surface area (Å²) in [5.41, 5.74) is 0.806. The molecule has 1 aromatic rings. The Bertz CT molecular complexity index is 334. The van der Waals surface area contributed by atoms with Gasteiger partial charge in [-0.3, -0.25) is 0 Å². The maximum atomic E-state index is 10.4. The van der Waals surface area contributed by atoms with Gasteiger partial charge < -0.3 is 9.69 Å². The summed E-state index contributed by atoms with van der Waals surface area (Å²) in [5.74, 6) is 0.772. The van der Waals surface area contributed by atoms with Crippen molar-refractivity contribution in [2.45, 2.75) is 25.7 Å². The van der Waals surface area contributed by atoms with Crippen molar-refractivity contribution in [3.63, 3.8) is 0 Å². The number of carbonyl (C=O) groups is 1. The van der Waals surface area contributed by atoms with Crippen LogP contribution >= 0.6 is 0 Å². The van der Waals surface area contributed by atoms with Crippen molar-refractivity contribution in [2.24, 2.45) is 0 Å². The van der Waals surface area contributed by atoms with Gasteiger partial charge in [0.15, 0.2) is 0 Å². The van der Waals surface area contributed by atoms with E-state index in [0.29, 0.717) is 6.42 Å². The lowest BCUT2D eigenvalue weighted by Gasteiger charge is -2.26. The first kappa shape index (κ1) is 10.1. The Kier molecular flexibility index (Phi) is 3.27. The Hall–Kier alpha value is -1.45. The fraction of sp³-hybridized carbons (Fsp3) is 0.545. The third-order valence-corrected chi connectivity index (χ3v) is 2.63. The molecule has 1 aliphatic heterocycles. The quantitative estimate of drug-likeness (QED) is 0.696. The van der Waals surface area contributed by atoms with Gasteiger partial charge >= 0.3 is 0 Å². The molecule has 1 fully saturated rings. The summed E-state index contributed by atoms with van der Waals surface area (Å²) in [4.78, 5) is 21.2. The van der Waals surface area contributed by atoms with E-state index in [4.69, 9.17) is 0 Å². The molecular weight excluding hydrogens is 190 g/mol. The van der Waals surface area contributed by atoms with E-state index in [2.05, 4.69) is 14.9 Å². The molecule has 1 aliphatic rings. The highest BCUT2D eigenvalue weighted by Gasteiger charge is 2.13. The van der Waals surface area contributed by atoms with Gasteiger partial charge in [-0.1, -0.05) is 0 Å². The molecule has 0 aromatic carbocycles. The second kappa shape index (κ2) is 4.87. The van der Waals surface area contributed by atoms with E-state index in [1.165, 1.54) is 19.3 Å². The van der Waals surface area contributed by atoms with Crippen LogP contribution in [0.4, 0.5) is 5.95 Å². The Morgan fingerprint density at radius 1 is 1.33 bits per heavy atom. The van der Waals surface area contributed by atoms with Crippen molar-refractivity contribution in [1.82, 2.24) is 9.97 Å². The first-order valence-electron chi connectivity index (χ1n) is 5.40. The second-order valence-corrected chi connectivity index (χ2v) is 3.77. The summed E-state index contributed by atoms with van der Waals surface area (Å²) < 4.78 is 0. The molecule has 0 bridgehead atoms. The molecule has 4 heteroatoms. The fourth-order valence-electron chi connectivity index (χ4n) is 1.83. The van der Waals surface area contributed by atoms with Gasteiger partial charge in [0, 0.05) is 25.7 Å². The summed E-state index contributed by atoms with van der Waals surface area (Å²) in [6, 6.07) is 1.79. The lowest BCUT2D eigenvalue weighted by atomic mass is 10.1. The maximum Gasteiger partial charge on any atom is 0.225 e. The Labute approximate surface area is 89.3 Å².